The van der Waals surface area contributed by atoms with Crippen molar-refractivity contribution in [3.63, 3.8) is 0 Å². The Bertz CT molecular complexity index is 1070. The number of amides is 1. The Kier molecular flexibility index (Phi) is 6.31. The fraction of sp³-hybridized carbons (Fsp3) is 0.273. The number of aromatic nitrogens is 3. The summed E-state index contributed by atoms with van der Waals surface area (Å²) >= 11 is 3.48. The number of pyridine rings is 1. The van der Waals surface area contributed by atoms with Gasteiger partial charge in [0.1, 0.15) is 29.0 Å². The lowest BCUT2D eigenvalue weighted by Gasteiger charge is -2.35. The van der Waals surface area contributed by atoms with E-state index in [-0.39, 0.29) is 5.91 Å². The third-order valence-electron chi connectivity index (χ3n) is 5.04. The summed E-state index contributed by atoms with van der Waals surface area (Å²) in [6.45, 7) is 4.45. The summed E-state index contributed by atoms with van der Waals surface area (Å²) < 4.78 is 6.02. The van der Waals surface area contributed by atoms with Gasteiger partial charge in [0.2, 0.25) is 0 Å². The summed E-state index contributed by atoms with van der Waals surface area (Å²) in [7, 11) is 1.59. The molecule has 1 aliphatic rings. The van der Waals surface area contributed by atoms with Gasteiger partial charge in [-0.2, -0.15) is 0 Å². The van der Waals surface area contributed by atoms with E-state index in [0.717, 1.165) is 16.1 Å². The van der Waals surface area contributed by atoms with Gasteiger partial charge in [0.15, 0.2) is 0 Å². The fourth-order valence-electron chi connectivity index (χ4n) is 3.45. The van der Waals surface area contributed by atoms with Crippen molar-refractivity contribution in [3.8, 4) is 5.75 Å². The zero-order valence-electron chi connectivity index (χ0n) is 17.4. The third kappa shape index (κ3) is 4.93. The third-order valence-corrected chi connectivity index (χ3v) is 5.73. The van der Waals surface area contributed by atoms with E-state index in [1.807, 2.05) is 48.2 Å². The number of hydrogen-bond donors (Lipinski definition) is 1. The highest BCUT2D eigenvalue weighted by Gasteiger charge is 2.25. The van der Waals surface area contributed by atoms with Gasteiger partial charge in [0.25, 0.3) is 5.91 Å². The van der Waals surface area contributed by atoms with Crippen molar-refractivity contribution in [2.45, 2.75) is 6.92 Å². The summed E-state index contributed by atoms with van der Waals surface area (Å²) in [6.07, 6.45) is 1.73. The lowest BCUT2D eigenvalue weighted by molar-refractivity contribution is 0.0745. The first kappa shape index (κ1) is 21.0. The zero-order valence-corrected chi connectivity index (χ0v) is 19.0. The van der Waals surface area contributed by atoms with Gasteiger partial charge in [-0.25, -0.2) is 15.0 Å². The van der Waals surface area contributed by atoms with Crippen LogP contribution in [0, 0.1) is 6.92 Å². The highest BCUT2D eigenvalue weighted by Crippen LogP contribution is 2.25. The van der Waals surface area contributed by atoms with E-state index in [4.69, 9.17) is 4.74 Å². The van der Waals surface area contributed by atoms with Crippen LogP contribution in [0.1, 0.15) is 16.2 Å². The molecule has 9 heteroatoms. The molecule has 2 aromatic heterocycles. The normalized spacial score (nSPS) is 13.8. The molecule has 31 heavy (non-hydrogen) atoms. The van der Waals surface area contributed by atoms with Gasteiger partial charge in [-0.1, -0.05) is 6.07 Å². The van der Waals surface area contributed by atoms with Crippen molar-refractivity contribution < 1.29 is 9.53 Å². The van der Waals surface area contributed by atoms with Gasteiger partial charge in [-0.3, -0.25) is 4.79 Å². The molecule has 0 atom stereocenters. The summed E-state index contributed by atoms with van der Waals surface area (Å²) in [5.41, 5.74) is 0.604. The second-order valence-corrected chi connectivity index (χ2v) is 7.98. The number of methoxy groups -OCH3 is 1. The number of carbonyl (C=O) groups is 1. The van der Waals surface area contributed by atoms with Gasteiger partial charge in [0.05, 0.1) is 12.7 Å². The van der Waals surface area contributed by atoms with E-state index in [2.05, 4.69) is 41.1 Å². The fourth-order valence-corrected chi connectivity index (χ4v) is 3.87. The second-order valence-electron chi connectivity index (χ2n) is 7.12. The van der Waals surface area contributed by atoms with Gasteiger partial charge in [-0.05, 0) is 53.2 Å². The van der Waals surface area contributed by atoms with E-state index >= 15 is 0 Å². The topological polar surface area (TPSA) is 83.5 Å². The molecule has 1 aliphatic heterocycles. The maximum Gasteiger partial charge on any atom is 0.255 e. The maximum atomic E-state index is 13.0. The van der Waals surface area contributed by atoms with Crippen molar-refractivity contribution in [3.05, 3.63) is 64.5 Å². The van der Waals surface area contributed by atoms with Crippen LogP contribution in [0.5, 0.6) is 5.75 Å². The number of rotatable bonds is 5. The molecule has 1 amide bonds. The van der Waals surface area contributed by atoms with Crippen molar-refractivity contribution >= 4 is 39.3 Å². The van der Waals surface area contributed by atoms with Crippen LogP contribution in [0.25, 0.3) is 0 Å². The number of piperazine rings is 1. The van der Waals surface area contributed by atoms with Gasteiger partial charge < -0.3 is 19.9 Å². The Morgan fingerprint density at radius 2 is 1.87 bits per heavy atom. The molecule has 0 aliphatic carbocycles. The highest BCUT2D eigenvalue weighted by atomic mass is 79.9. The van der Waals surface area contributed by atoms with Gasteiger partial charge in [-0.15, -0.1) is 0 Å². The molecule has 0 unspecified atom stereocenters. The number of anilines is 3. The Balaban J connectivity index is 1.45. The van der Waals surface area contributed by atoms with Crippen LogP contribution >= 0.6 is 15.9 Å². The standard InChI is InChI=1S/C22H23BrN6O2/c1-15-25-20(27-19-5-3-4-8-24-19)14-21(26-15)28-9-11-29(12-10-28)22(30)17-13-16(31-2)6-7-18(17)23/h3-8,13-14H,9-12H2,1-2H3,(H,24,25,26,27). The minimum absolute atomic E-state index is 0.0122. The number of benzene rings is 1. The summed E-state index contributed by atoms with van der Waals surface area (Å²) in [5, 5.41) is 3.22. The molecule has 0 saturated carbocycles. The number of hydrogen-bond acceptors (Lipinski definition) is 7. The van der Waals surface area contributed by atoms with Crippen LogP contribution in [-0.4, -0.2) is 59.0 Å². The van der Waals surface area contributed by atoms with Crippen molar-refractivity contribution in [2.75, 3.05) is 43.5 Å². The monoisotopic (exact) mass is 482 g/mol. The molecule has 8 nitrogen and oxygen atoms in total. The van der Waals surface area contributed by atoms with Crippen LogP contribution < -0.4 is 15.0 Å². The zero-order chi connectivity index (χ0) is 21.8. The Hall–Kier alpha value is -3.20. The average Bonchev–Trinajstić information content (AvgIpc) is 2.79. The molecular weight excluding hydrogens is 460 g/mol. The van der Waals surface area contributed by atoms with Crippen LogP contribution in [0.3, 0.4) is 0 Å². The number of ether oxygens (including phenoxy) is 1. The Morgan fingerprint density at radius 3 is 2.58 bits per heavy atom. The number of aryl methyl sites for hydroxylation is 1. The minimum Gasteiger partial charge on any atom is -0.497 e. The molecule has 0 spiro atoms. The van der Waals surface area contributed by atoms with Crippen LogP contribution in [0.2, 0.25) is 0 Å². The quantitative estimate of drug-likeness (QED) is 0.593. The number of nitrogens with one attached hydrogen (secondary N) is 1. The number of halogens is 1. The smallest absolute Gasteiger partial charge is 0.255 e. The Labute approximate surface area is 189 Å². The van der Waals surface area contributed by atoms with E-state index in [9.17, 15) is 4.79 Å². The van der Waals surface area contributed by atoms with Gasteiger partial charge in [0, 0.05) is 42.9 Å². The molecule has 3 heterocycles. The maximum absolute atomic E-state index is 13.0. The molecule has 4 rings (SSSR count). The first-order chi connectivity index (χ1) is 15.0. The molecular formula is C22H23BrN6O2. The first-order valence-electron chi connectivity index (χ1n) is 9.95. The molecule has 1 N–H and O–H groups in total. The van der Waals surface area contributed by atoms with Gasteiger partial charge >= 0.3 is 0 Å². The molecule has 3 aromatic rings. The molecule has 1 aromatic carbocycles. The SMILES string of the molecule is COc1ccc(Br)c(C(=O)N2CCN(c3cc(Nc4ccccn4)nc(C)n3)CC2)c1. The molecule has 1 fully saturated rings. The summed E-state index contributed by atoms with van der Waals surface area (Å²) in [5.74, 6) is 3.58. The van der Waals surface area contributed by atoms with Crippen LogP contribution in [0.4, 0.5) is 17.5 Å². The van der Waals surface area contributed by atoms with Crippen LogP contribution in [-0.2, 0) is 0 Å². The predicted octanol–water partition coefficient (Wildman–Crippen LogP) is 3.66. The molecule has 1 saturated heterocycles. The molecule has 0 bridgehead atoms. The lowest BCUT2D eigenvalue weighted by Crippen LogP contribution is -2.49. The number of carbonyl (C=O) groups excluding carboxylic acids is 1. The van der Waals surface area contributed by atoms with Crippen LogP contribution in [0.15, 0.2) is 53.1 Å². The van der Waals surface area contributed by atoms with Crippen molar-refractivity contribution in [1.29, 1.82) is 0 Å². The van der Waals surface area contributed by atoms with Crippen molar-refractivity contribution in [1.82, 2.24) is 19.9 Å². The second kappa shape index (κ2) is 9.30. The minimum atomic E-state index is -0.0122. The molecule has 160 valence electrons. The predicted molar refractivity (Wildman–Crippen MR) is 123 cm³/mol. The summed E-state index contributed by atoms with van der Waals surface area (Å²) in [4.78, 5) is 30.4. The lowest BCUT2D eigenvalue weighted by atomic mass is 10.1. The van der Waals surface area contributed by atoms with E-state index in [0.29, 0.717) is 49.1 Å². The van der Waals surface area contributed by atoms with E-state index in [1.165, 1.54) is 0 Å². The average molecular weight is 483 g/mol. The largest absolute Gasteiger partial charge is 0.497 e. The van der Waals surface area contributed by atoms with E-state index < -0.39 is 0 Å². The molecule has 0 radical (unpaired) electrons. The first-order valence-corrected chi connectivity index (χ1v) is 10.7. The Morgan fingerprint density at radius 1 is 1.06 bits per heavy atom. The van der Waals surface area contributed by atoms with Crippen molar-refractivity contribution in [2.24, 2.45) is 0 Å². The highest BCUT2D eigenvalue weighted by molar-refractivity contribution is 9.10. The number of nitrogens with zero attached hydrogens (tertiary/aromatic N) is 5. The van der Waals surface area contributed by atoms with E-state index in [1.54, 1.807) is 19.4 Å². The summed E-state index contributed by atoms with van der Waals surface area (Å²) in [6, 6.07) is 13.0.